The number of aryl methyl sites for hydroxylation is 2. The summed E-state index contributed by atoms with van der Waals surface area (Å²) < 4.78 is 28.2. The summed E-state index contributed by atoms with van der Waals surface area (Å²) in [5.74, 6) is 0. The van der Waals surface area contributed by atoms with Gasteiger partial charge in [0.15, 0.2) is 4.60 Å². The highest BCUT2D eigenvalue weighted by atomic mass is 79.9. The summed E-state index contributed by atoms with van der Waals surface area (Å²) in [7, 11) is -2.15. The average Bonchev–Trinajstić information content (AvgIpc) is 2.76. The molecule has 0 aromatic carbocycles. The van der Waals surface area contributed by atoms with E-state index in [2.05, 4.69) is 31.2 Å². The number of sulfonamides is 1. The quantitative estimate of drug-likeness (QED) is 0.792. The van der Waals surface area contributed by atoms with E-state index < -0.39 is 10.0 Å². The van der Waals surface area contributed by atoms with Gasteiger partial charge in [-0.3, -0.25) is 4.98 Å². The molecule has 0 fully saturated rings. The van der Waals surface area contributed by atoms with Gasteiger partial charge in [-0.2, -0.15) is 4.31 Å². The van der Waals surface area contributed by atoms with Crippen LogP contribution >= 0.6 is 15.9 Å². The first-order chi connectivity index (χ1) is 9.86. The summed E-state index contributed by atoms with van der Waals surface area (Å²) >= 11 is 3.13. The van der Waals surface area contributed by atoms with Crippen molar-refractivity contribution in [3.05, 3.63) is 34.2 Å². The van der Waals surface area contributed by atoms with Crippen LogP contribution in [-0.4, -0.2) is 39.2 Å². The monoisotopic (exact) mass is 373 g/mol. The van der Waals surface area contributed by atoms with Gasteiger partial charge in [0.2, 0.25) is 5.03 Å². The second-order valence-electron chi connectivity index (χ2n) is 4.51. The van der Waals surface area contributed by atoms with Crippen LogP contribution in [0.3, 0.4) is 0 Å². The van der Waals surface area contributed by atoms with Crippen molar-refractivity contribution >= 4 is 26.0 Å². The van der Waals surface area contributed by atoms with Crippen molar-refractivity contribution in [3.63, 3.8) is 0 Å². The van der Waals surface area contributed by atoms with Crippen LogP contribution in [0.25, 0.3) is 0 Å². The highest BCUT2D eigenvalue weighted by molar-refractivity contribution is 9.10. The molecule has 0 aliphatic carbocycles. The number of nitrogens with zero attached hydrogens (tertiary/aromatic N) is 5. The predicted octanol–water partition coefficient (Wildman–Crippen LogP) is 1.49. The van der Waals surface area contributed by atoms with Gasteiger partial charge < -0.3 is 0 Å². The van der Waals surface area contributed by atoms with Gasteiger partial charge in [-0.05, 0) is 35.0 Å². The molecule has 7 nitrogen and oxygen atoms in total. The molecule has 0 unspecified atom stereocenters. The SMILES string of the molecule is CCN(Cc1cccc(C)n1)S(=O)(=O)c1c(Br)nnn1C. The van der Waals surface area contributed by atoms with E-state index in [1.165, 1.54) is 8.99 Å². The molecule has 0 radical (unpaired) electrons. The molecule has 2 aromatic rings. The lowest BCUT2D eigenvalue weighted by molar-refractivity contribution is 0.412. The van der Waals surface area contributed by atoms with E-state index in [9.17, 15) is 8.42 Å². The zero-order chi connectivity index (χ0) is 15.6. The topological polar surface area (TPSA) is 81.0 Å². The maximum Gasteiger partial charge on any atom is 0.263 e. The van der Waals surface area contributed by atoms with Crippen molar-refractivity contribution in [1.29, 1.82) is 0 Å². The fourth-order valence-electron chi connectivity index (χ4n) is 1.95. The summed E-state index contributed by atoms with van der Waals surface area (Å²) in [6.07, 6.45) is 0. The van der Waals surface area contributed by atoms with Crippen molar-refractivity contribution < 1.29 is 8.42 Å². The molecule has 2 rings (SSSR count). The van der Waals surface area contributed by atoms with Crippen LogP contribution < -0.4 is 0 Å². The number of hydrogen-bond donors (Lipinski definition) is 0. The molecule has 0 bridgehead atoms. The van der Waals surface area contributed by atoms with E-state index >= 15 is 0 Å². The van der Waals surface area contributed by atoms with E-state index in [4.69, 9.17) is 0 Å². The van der Waals surface area contributed by atoms with E-state index in [1.54, 1.807) is 14.0 Å². The lowest BCUT2D eigenvalue weighted by Crippen LogP contribution is -2.32. The van der Waals surface area contributed by atoms with Crippen molar-refractivity contribution in [2.24, 2.45) is 7.05 Å². The highest BCUT2D eigenvalue weighted by Gasteiger charge is 2.30. The zero-order valence-electron chi connectivity index (χ0n) is 12.0. The first kappa shape index (κ1) is 16.1. The van der Waals surface area contributed by atoms with Crippen molar-refractivity contribution in [2.45, 2.75) is 25.4 Å². The molecule has 0 spiro atoms. The summed E-state index contributed by atoms with van der Waals surface area (Å²) in [4.78, 5) is 4.34. The summed E-state index contributed by atoms with van der Waals surface area (Å²) in [5, 5.41) is 7.49. The van der Waals surface area contributed by atoms with Crippen LogP contribution in [0.2, 0.25) is 0 Å². The molecule has 114 valence electrons. The molecule has 0 amide bonds. The fourth-order valence-corrected chi connectivity index (χ4v) is 4.41. The van der Waals surface area contributed by atoms with E-state index in [0.717, 1.165) is 5.69 Å². The Balaban J connectivity index is 2.37. The van der Waals surface area contributed by atoms with Gasteiger partial charge in [-0.25, -0.2) is 13.1 Å². The van der Waals surface area contributed by atoms with Crippen LogP contribution in [0.4, 0.5) is 0 Å². The maximum absolute atomic E-state index is 12.7. The number of aromatic nitrogens is 4. The van der Waals surface area contributed by atoms with E-state index in [1.807, 2.05) is 25.1 Å². The first-order valence-electron chi connectivity index (χ1n) is 6.34. The zero-order valence-corrected chi connectivity index (χ0v) is 14.4. The molecule has 21 heavy (non-hydrogen) atoms. The van der Waals surface area contributed by atoms with Gasteiger partial charge in [0.05, 0.1) is 12.2 Å². The Bertz CT molecular complexity index is 724. The van der Waals surface area contributed by atoms with Gasteiger partial charge in [0.1, 0.15) is 0 Å². The Labute approximate surface area is 132 Å². The smallest absolute Gasteiger partial charge is 0.257 e. The Hall–Kier alpha value is -1.32. The minimum atomic E-state index is -3.70. The number of pyridine rings is 1. The van der Waals surface area contributed by atoms with Gasteiger partial charge in [0.25, 0.3) is 10.0 Å². The van der Waals surface area contributed by atoms with E-state index in [0.29, 0.717) is 12.2 Å². The van der Waals surface area contributed by atoms with Gasteiger partial charge in [0, 0.05) is 19.3 Å². The number of hydrogen-bond acceptors (Lipinski definition) is 5. The summed E-state index contributed by atoms with van der Waals surface area (Å²) in [6, 6.07) is 5.54. The normalized spacial score (nSPS) is 12.0. The molecule has 0 atom stereocenters. The highest BCUT2D eigenvalue weighted by Crippen LogP contribution is 2.23. The molecule has 0 aliphatic rings. The number of rotatable bonds is 5. The molecular weight excluding hydrogens is 358 g/mol. The minimum absolute atomic E-state index is 0.0389. The lowest BCUT2D eigenvalue weighted by atomic mass is 10.3. The van der Waals surface area contributed by atoms with Gasteiger partial charge in [-0.1, -0.05) is 18.2 Å². The third-order valence-corrected chi connectivity index (χ3v) is 5.77. The first-order valence-corrected chi connectivity index (χ1v) is 8.57. The fraction of sp³-hybridized carbons (Fsp3) is 0.417. The van der Waals surface area contributed by atoms with E-state index in [-0.39, 0.29) is 16.2 Å². The summed E-state index contributed by atoms with van der Waals surface area (Å²) in [5.41, 5.74) is 1.55. The van der Waals surface area contributed by atoms with Crippen molar-refractivity contribution in [3.8, 4) is 0 Å². The van der Waals surface area contributed by atoms with Crippen LogP contribution in [0.5, 0.6) is 0 Å². The van der Waals surface area contributed by atoms with Gasteiger partial charge in [-0.15, -0.1) is 5.10 Å². The molecule has 0 saturated carbocycles. The lowest BCUT2D eigenvalue weighted by Gasteiger charge is -2.20. The third-order valence-electron chi connectivity index (χ3n) is 2.96. The Morgan fingerprint density at radius 1 is 1.38 bits per heavy atom. The molecule has 0 N–H and O–H groups in total. The van der Waals surface area contributed by atoms with Crippen LogP contribution in [-0.2, 0) is 23.6 Å². The Morgan fingerprint density at radius 3 is 2.62 bits per heavy atom. The second-order valence-corrected chi connectivity index (χ2v) is 7.11. The van der Waals surface area contributed by atoms with Crippen LogP contribution in [0, 0.1) is 6.92 Å². The molecule has 0 saturated heterocycles. The standard InChI is InChI=1S/C12H16BrN5O2S/c1-4-18(8-10-7-5-6-9(2)14-10)21(19,20)12-11(13)15-16-17(12)3/h5-7H,4,8H2,1-3H3. The largest absolute Gasteiger partial charge is 0.263 e. The maximum atomic E-state index is 12.7. The van der Waals surface area contributed by atoms with Crippen LogP contribution in [0.15, 0.2) is 27.8 Å². The molecule has 2 aromatic heterocycles. The molecule has 2 heterocycles. The Kier molecular flexibility index (Phi) is 4.74. The Morgan fingerprint density at radius 2 is 2.10 bits per heavy atom. The molecule has 9 heteroatoms. The third kappa shape index (κ3) is 3.30. The van der Waals surface area contributed by atoms with Crippen molar-refractivity contribution in [1.82, 2.24) is 24.3 Å². The minimum Gasteiger partial charge on any atom is -0.257 e. The second kappa shape index (κ2) is 6.20. The van der Waals surface area contributed by atoms with Crippen molar-refractivity contribution in [2.75, 3.05) is 6.54 Å². The molecule has 0 aliphatic heterocycles. The predicted molar refractivity (Wildman–Crippen MR) is 80.9 cm³/mol. The van der Waals surface area contributed by atoms with Gasteiger partial charge >= 0.3 is 0 Å². The average molecular weight is 374 g/mol. The van der Waals surface area contributed by atoms with Crippen LogP contribution in [0.1, 0.15) is 18.3 Å². The summed E-state index contributed by atoms with van der Waals surface area (Å²) in [6.45, 7) is 4.19. The number of halogens is 1. The molecular formula is C12H16BrN5O2S.